The van der Waals surface area contributed by atoms with E-state index < -0.39 is 16.0 Å². The number of rotatable bonds is 7. The summed E-state index contributed by atoms with van der Waals surface area (Å²) < 4.78 is 31.3. The molecule has 0 bridgehead atoms. The lowest BCUT2D eigenvalue weighted by Crippen LogP contribution is -2.27. The topological polar surface area (TPSA) is 149 Å². The van der Waals surface area contributed by atoms with Gasteiger partial charge in [0.1, 0.15) is 6.61 Å². The Bertz CT molecular complexity index is 1560. The molecule has 0 spiro atoms. The van der Waals surface area contributed by atoms with E-state index in [1.807, 2.05) is 74.5 Å². The van der Waals surface area contributed by atoms with E-state index in [1.54, 1.807) is 18.5 Å². The van der Waals surface area contributed by atoms with E-state index in [0.717, 1.165) is 33.0 Å². The molecule has 204 valence electrons. The van der Waals surface area contributed by atoms with Gasteiger partial charge in [0.05, 0.1) is 17.7 Å². The summed E-state index contributed by atoms with van der Waals surface area (Å²) in [5, 5.41) is 4.96. The highest BCUT2D eigenvalue weighted by atomic mass is 32.2. The van der Waals surface area contributed by atoms with Crippen LogP contribution < -0.4 is 11.1 Å². The van der Waals surface area contributed by atoms with E-state index in [9.17, 15) is 18.0 Å². The second-order valence-electron chi connectivity index (χ2n) is 9.08. The van der Waals surface area contributed by atoms with E-state index in [1.165, 1.54) is 0 Å². The third-order valence-corrected chi connectivity index (χ3v) is 5.81. The number of carbonyl (C=O) groups excluding carboxylic acids is 2. The van der Waals surface area contributed by atoms with Gasteiger partial charge in [-0.1, -0.05) is 48.0 Å². The van der Waals surface area contributed by atoms with Crippen LogP contribution in [0, 0.1) is 13.8 Å². The van der Waals surface area contributed by atoms with Gasteiger partial charge >= 0.3 is 5.97 Å². The van der Waals surface area contributed by atoms with Crippen LogP contribution in [0.4, 0.5) is 5.69 Å². The number of amides is 1. The fourth-order valence-corrected chi connectivity index (χ4v) is 3.90. The number of aryl methyl sites for hydroxylation is 2. The van der Waals surface area contributed by atoms with Crippen molar-refractivity contribution in [2.24, 2.45) is 5.73 Å². The minimum Gasteiger partial charge on any atom is -0.457 e. The number of benzene rings is 3. The summed E-state index contributed by atoms with van der Waals surface area (Å²) in [5.41, 5.74) is 10.8. The van der Waals surface area contributed by atoms with Crippen molar-refractivity contribution in [1.82, 2.24) is 4.98 Å². The third-order valence-electron chi connectivity index (χ3n) is 5.81. The van der Waals surface area contributed by atoms with Gasteiger partial charge in [0, 0.05) is 30.0 Å². The third kappa shape index (κ3) is 8.99. The Morgan fingerprint density at radius 3 is 2.33 bits per heavy atom. The largest absolute Gasteiger partial charge is 0.457 e. The number of esters is 1. The quantitative estimate of drug-likeness (QED) is 0.227. The van der Waals surface area contributed by atoms with Crippen molar-refractivity contribution in [3.05, 3.63) is 107 Å². The molecule has 1 amide bonds. The summed E-state index contributed by atoms with van der Waals surface area (Å²) in [6.07, 6.45) is 4.22. The first-order chi connectivity index (χ1) is 18.4. The number of hydrogen-bond acceptors (Lipinski definition) is 7. The van der Waals surface area contributed by atoms with Crippen LogP contribution >= 0.6 is 0 Å². The van der Waals surface area contributed by atoms with Gasteiger partial charge in [0.2, 0.25) is 5.91 Å². The lowest BCUT2D eigenvalue weighted by Gasteiger charge is -2.16. The Hall–Kier alpha value is -4.12. The van der Waals surface area contributed by atoms with Crippen LogP contribution in [0.5, 0.6) is 0 Å². The zero-order valence-electron chi connectivity index (χ0n) is 21.9. The molecule has 1 atom stereocenters. The molecule has 1 unspecified atom stereocenters. The van der Waals surface area contributed by atoms with Crippen LogP contribution in [-0.2, 0) is 26.3 Å². The highest BCUT2D eigenvalue weighted by Gasteiger charge is 2.19. The molecule has 1 heterocycles. The number of carbonyl (C=O) groups is 2. The maximum absolute atomic E-state index is 12.9. The molecule has 9 nitrogen and oxygen atoms in total. The van der Waals surface area contributed by atoms with Crippen molar-refractivity contribution in [3.8, 4) is 0 Å². The Labute approximate surface area is 227 Å². The standard InChI is InChI=1S/C28H27N3O3.CH4O3S/c1-18-3-10-25(19(2)13-18)28(33)34-17-20-4-6-21(7-5-20)26(15-29)27(32)31-24-9-8-23-16-30-12-11-22(23)14-24;1-5(2,3)4/h3-14,16,26H,15,17,29H2,1-2H3,(H,31,32);1H3,(H,2,3,4). The van der Waals surface area contributed by atoms with Crippen LogP contribution in [-0.4, -0.2) is 42.6 Å². The number of hydrogen-bond donors (Lipinski definition) is 3. The second-order valence-corrected chi connectivity index (χ2v) is 10.6. The number of anilines is 1. The summed E-state index contributed by atoms with van der Waals surface area (Å²) in [6.45, 7) is 4.20. The lowest BCUT2D eigenvalue weighted by molar-refractivity contribution is -0.117. The molecule has 0 aliphatic carbocycles. The van der Waals surface area contributed by atoms with Crippen LogP contribution in [0.15, 0.2) is 79.1 Å². The molecule has 0 saturated carbocycles. The van der Waals surface area contributed by atoms with Gasteiger partial charge in [-0.15, -0.1) is 0 Å². The maximum atomic E-state index is 12.9. The monoisotopic (exact) mass is 549 g/mol. The number of nitrogens with one attached hydrogen (secondary N) is 1. The first-order valence-corrected chi connectivity index (χ1v) is 13.9. The van der Waals surface area contributed by atoms with E-state index in [2.05, 4.69) is 10.3 Å². The summed E-state index contributed by atoms with van der Waals surface area (Å²) in [5.74, 6) is -1.03. The van der Waals surface area contributed by atoms with Crippen molar-refractivity contribution < 1.29 is 27.3 Å². The van der Waals surface area contributed by atoms with Crippen molar-refractivity contribution in [2.45, 2.75) is 26.4 Å². The lowest BCUT2D eigenvalue weighted by atomic mass is 9.97. The Balaban J connectivity index is 0.000000771. The van der Waals surface area contributed by atoms with Gasteiger partial charge in [-0.3, -0.25) is 14.3 Å². The number of nitrogens with two attached hydrogens (primary N) is 1. The molecule has 0 aliphatic rings. The van der Waals surface area contributed by atoms with Crippen LogP contribution in [0.2, 0.25) is 0 Å². The maximum Gasteiger partial charge on any atom is 0.338 e. The van der Waals surface area contributed by atoms with Gasteiger partial charge in [0.15, 0.2) is 0 Å². The number of ether oxygens (including phenoxy) is 1. The average molecular weight is 550 g/mol. The zero-order valence-corrected chi connectivity index (χ0v) is 22.7. The smallest absolute Gasteiger partial charge is 0.338 e. The van der Waals surface area contributed by atoms with E-state index in [-0.39, 0.29) is 25.0 Å². The minimum absolute atomic E-state index is 0.151. The number of pyridine rings is 1. The fraction of sp³-hybridized carbons (Fsp3) is 0.207. The molecule has 1 aromatic heterocycles. The summed E-state index contributed by atoms with van der Waals surface area (Å²) in [4.78, 5) is 29.4. The SMILES string of the molecule is CS(=O)(=O)O.Cc1ccc(C(=O)OCc2ccc(C(CN)C(=O)Nc3ccc4cnccc4c3)cc2)c(C)c1. The van der Waals surface area contributed by atoms with Crippen molar-refractivity contribution in [3.63, 3.8) is 0 Å². The highest BCUT2D eigenvalue weighted by Crippen LogP contribution is 2.22. The van der Waals surface area contributed by atoms with Gasteiger partial charge in [-0.2, -0.15) is 8.42 Å². The first-order valence-electron chi connectivity index (χ1n) is 12.0. The van der Waals surface area contributed by atoms with Crippen molar-refractivity contribution in [2.75, 3.05) is 18.1 Å². The molecule has 0 fully saturated rings. The normalized spacial score (nSPS) is 11.7. The Morgan fingerprint density at radius 2 is 1.69 bits per heavy atom. The first kappa shape index (κ1) is 29.4. The van der Waals surface area contributed by atoms with Gasteiger partial charge in [0.25, 0.3) is 10.1 Å². The number of aromatic nitrogens is 1. The summed E-state index contributed by atoms with van der Waals surface area (Å²) in [7, 11) is -3.67. The van der Waals surface area contributed by atoms with E-state index >= 15 is 0 Å². The Morgan fingerprint density at radius 1 is 1.00 bits per heavy atom. The average Bonchev–Trinajstić information content (AvgIpc) is 2.87. The number of fused-ring (bicyclic) bond motifs is 1. The van der Waals surface area contributed by atoms with Gasteiger partial charge in [-0.25, -0.2) is 4.79 Å². The van der Waals surface area contributed by atoms with Crippen LogP contribution in [0.25, 0.3) is 10.8 Å². The molecular formula is C29H31N3O6S. The van der Waals surface area contributed by atoms with Crippen LogP contribution in [0.3, 0.4) is 0 Å². The van der Waals surface area contributed by atoms with Gasteiger partial charge < -0.3 is 15.8 Å². The molecule has 4 N–H and O–H groups in total. The highest BCUT2D eigenvalue weighted by molar-refractivity contribution is 7.85. The summed E-state index contributed by atoms with van der Waals surface area (Å²) in [6, 6.07) is 20.6. The second kappa shape index (κ2) is 13.1. The predicted octanol–water partition coefficient (Wildman–Crippen LogP) is 4.39. The van der Waals surface area contributed by atoms with Crippen LogP contribution in [0.1, 0.15) is 38.5 Å². The predicted molar refractivity (Wildman–Crippen MR) is 151 cm³/mol. The molecule has 0 aliphatic heterocycles. The van der Waals surface area contributed by atoms with Crippen molar-refractivity contribution >= 4 is 38.5 Å². The van der Waals surface area contributed by atoms with E-state index in [4.69, 9.17) is 15.0 Å². The molecule has 4 rings (SSSR count). The zero-order chi connectivity index (χ0) is 28.6. The molecule has 3 aromatic carbocycles. The summed E-state index contributed by atoms with van der Waals surface area (Å²) >= 11 is 0. The van der Waals surface area contributed by atoms with Crippen molar-refractivity contribution in [1.29, 1.82) is 0 Å². The number of nitrogens with zero attached hydrogens (tertiary/aromatic N) is 1. The van der Waals surface area contributed by atoms with Gasteiger partial charge in [-0.05, 0) is 60.2 Å². The minimum atomic E-state index is -3.67. The molecule has 10 heteroatoms. The van der Waals surface area contributed by atoms with E-state index in [0.29, 0.717) is 17.5 Å². The molecular weight excluding hydrogens is 518 g/mol. The fourth-order valence-electron chi connectivity index (χ4n) is 3.90. The Kier molecular flexibility index (Phi) is 9.89. The molecule has 39 heavy (non-hydrogen) atoms. The molecule has 0 radical (unpaired) electrons. The molecule has 0 saturated heterocycles. The molecule has 4 aromatic rings.